The lowest BCUT2D eigenvalue weighted by Gasteiger charge is -2.35. The number of carbonyl (C=O) groups excluding carboxylic acids is 1. The van der Waals surface area contributed by atoms with Gasteiger partial charge in [-0.25, -0.2) is 16.8 Å². The van der Waals surface area contributed by atoms with Crippen LogP contribution in [0.1, 0.15) is 11.1 Å². The van der Waals surface area contributed by atoms with Gasteiger partial charge in [0, 0.05) is 31.2 Å². The number of halogens is 1. The molecule has 8 nitrogen and oxygen atoms in total. The summed E-state index contributed by atoms with van der Waals surface area (Å²) < 4.78 is 52.9. The number of anilines is 1. The second kappa shape index (κ2) is 9.38. The first-order valence-electron chi connectivity index (χ1n) is 9.98. The van der Waals surface area contributed by atoms with Crippen LogP contribution in [0, 0.1) is 13.8 Å². The van der Waals surface area contributed by atoms with Crippen LogP contribution in [0.2, 0.25) is 5.02 Å². The van der Waals surface area contributed by atoms with Gasteiger partial charge >= 0.3 is 0 Å². The predicted molar refractivity (Wildman–Crippen MR) is 125 cm³/mol. The Labute approximate surface area is 194 Å². The van der Waals surface area contributed by atoms with Gasteiger partial charge in [-0.3, -0.25) is 9.10 Å². The molecule has 1 saturated heterocycles. The van der Waals surface area contributed by atoms with Crippen molar-refractivity contribution in [2.45, 2.75) is 18.7 Å². The molecule has 0 unspecified atom stereocenters. The average Bonchev–Trinajstić information content (AvgIpc) is 2.74. The van der Waals surface area contributed by atoms with E-state index in [1.807, 2.05) is 6.92 Å². The van der Waals surface area contributed by atoms with E-state index in [0.29, 0.717) is 16.3 Å². The fourth-order valence-electron chi connectivity index (χ4n) is 3.51. The summed E-state index contributed by atoms with van der Waals surface area (Å²) in [6, 6.07) is 11.5. The maximum absolute atomic E-state index is 12.9. The van der Waals surface area contributed by atoms with Gasteiger partial charge in [0.15, 0.2) is 0 Å². The monoisotopic (exact) mass is 499 g/mol. The minimum Gasteiger partial charge on any atom is -0.338 e. The molecule has 0 aromatic heterocycles. The number of hydrogen-bond donors (Lipinski definition) is 0. The molecule has 11 heteroatoms. The molecule has 1 fully saturated rings. The molecule has 0 saturated carbocycles. The van der Waals surface area contributed by atoms with E-state index < -0.39 is 26.0 Å². The number of hydrogen-bond acceptors (Lipinski definition) is 5. The van der Waals surface area contributed by atoms with Crippen molar-refractivity contribution in [3.63, 3.8) is 0 Å². The first-order chi connectivity index (χ1) is 14.9. The Bertz CT molecular complexity index is 1210. The van der Waals surface area contributed by atoms with Gasteiger partial charge in [0.1, 0.15) is 6.54 Å². The third-order valence-electron chi connectivity index (χ3n) is 5.44. The molecule has 1 aliphatic rings. The highest BCUT2D eigenvalue weighted by Crippen LogP contribution is 2.28. The van der Waals surface area contributed by atoms with E-state index in [4.69, 9.17) is 11.6 Å². The fourth-order valence-corrected chi connectivity index (χ4v) is 6.00. The number of benzene rings is 2. The van der Waals surface area contributed by atoms with Gasteiger partial charge in [-0.1, -0.05) is 35.4 Å². The summed E-state index contributed by atoms with van der Waals surface area (Å²) in [5.41, 5.74) is 1.86. The van der Waals surface area contributed by atoms with E-state index in [1.165, 1.54) is 9.21 Å². The van der Waals surface area contributed by atoms with Crippen LogP contribution >= 0.6 is 11.6 Å². The third kappa shape index (κ3) is 5.25. The van der Waals surface area contributed by atoms with Gasteiger partial charge in [0.05, 0.1) is 16.8 Å². The Morgan fingerprint density at radius 1 is 0.969 bits per heavy atom. The van der Waals surface area contributed by atoms with E-state index in [-0.39, 0.29) is 37.6 Å². The number of piperazine rings is 1. The molecule has 0 N–H and O–H groups in total. The Hall–Kier alpha value is -2.14. The molecule has 2 aromatic rings. The van der Waals surface area contributed by atoms with Gasteiger partial charge in [-0.15, -0.1) is 0 Å². The Morgan fingerprint density at radius 2 is 1.56 bits per heavy atom. The number of aryl methyl sites for hydroxylation is 1. The number of sulfonamides is 2. The molecule has 1 heterocycles. The van der Waals surface area contributed by atoms with Crippen molar-refractivity contribution in [2.24, 2.45) is 0 Å². The maximum atomic E-state index is 12.9. The topological polar surface area (TPSA) is 95.1 Å². The van der Waals surface area contributed by atoms with Crippen LogP contribution in [0.4, 0.5) is 5.69 Å². The van der Waals surface area contributed by atoms with Crippen molar-refractivity contribution >= 4 is 43.2 Å². The van der Waals surface area contributed by atoms with Crippen LogP contribution in [-0.2, 0) is 24.8 Å². The molecule has 2 aromatic carbocycles. The summed E-state index contributed by atoms with van der Waals surface area (Å²) >= 11 is 6.13. The summed E-state index contributed by atoms with van der Waals surface area (Å²) in [6.07, 6.45) is 1.03. The molecular weight excluding hydrogens is 474 g/mol. The molecule has 32 heavy (non-hydrogen) atoms. The highest BCUT2D eigenvalue weighted by Gasteiger charge is 2.32. The van der Waals surface area contributed by atoms with E-state index in [9.17, 15) is 21.6 Å². The second-order valence-corrected chi connectivity index (χ2v) is 12.0. The van der Waals surface area contributed by atoms with E-state index in [1.54, 1.807) is 49.4 Å². The van der Waals surface area contributed by atoms with Gasteiger partial charge < -0.3 is 4.90 Å². The minimum atomic E-state index is -3.74. The van der Waals surface area contributed by atoms with Crippen molar-refractivity contribution in [1.29, 1.82) is 0 Å². The van der Waals surface area contributed by atoms with Gasteiger partial charge in [0.25, 0.3) is 0 Å². The van der Waals surface area contributed by atoms with Crippen LogP contribution in [-0.4, -0.2) is 70.9 Å². The van der Waals surface area contributed by atoms with Crippen molar-refractivity contribution in [3.05, 3.63) is 58.6 Å². The lowest BCUT2D eigenvalue weighted by atomic mass is 10.2. The first kappa shape index (κ1) is 24.5. The van der Waals surface area contributed by atoms with E-state index in [0.717, 1.165) is 16.1 Å². The third-order valence-corrected chi connectivity index (χ3v) is 8.89. The number of carbonyl (C=O) groups is 1. The van der Waals surface area contributed by atoms with E-state index in [2.05, 4.69) is 0 Å². The van der Waals surface area contributed by atoms with Crippen molar-refractivity contribution in [2.75, 3.05) is 43.3 Å². The van der Waals surface area contributed by atoms with Crippen LogP contribution in [0.3, 0.4) is 0 Å². The number of rotatable bonds is 6. The average molecular weight is 500 g/mol. The Balaban J connectivity index is 1.71. The zero-order valence-corrected chi connectivity index (χ0v) is 20.5. The highest BCUT2D eigenvalue weighted by atomic mass is 35.5. The first-order valence-corrected chi connectivity index (χ1v) is 13.7. The minimum absolute atomic E-state index is 0.136. The molecule has 0 radical (unpaired) electrons. The summed E-state index contributed by atoms with van der Waals surface area (Å²) in [7, 11) is -7.40. The quantitative estimate of drug-likeness (QED) is 0.607. The molecule has 174 valence electrons. The lowest BCUT2D eigenvalue weighted by Crippen LogP contribution is -2.53. The van der Waals surface area contributed by atoms with Gasteiger partial charge in [-0.2, -0.15) is 4.31 Å². The summed E-state index contributed by atoms with van der Waals surface area (Å²) in [5.74, 6) is -0.401. The Kier molecular flexibility index (Phi) is 7.18. The molecule has 0 spiro atoms. The van der Waals surface area contributed by atoms with Crippen molar-refractivity contribution in [3.8, 4) is 0 Å². The number of nitrogens with zero attached hydrogens (tertiary/aromatic N) is 3. The van der Waals surface area contributed by atoms with Crippen LogP contribution in [0.15, 0.2) is 47.4 Å². The summed E-state index contributed by atoms with van der Waals surface area (Å²) in [6.45, 7) is 3.81. The summed E-state index contributed by atoms with van der Waals surface area (Å²) in [5, 5.41) is 0.401. The zero-order chi connectivity index (χ0) is 23.7. The largest absolute Gasteiger partial charge is 0.338 e. The maximum Gasteiger partial charge on any atom is 0.243 e. The normalized spacial score (nSPS) is 15.6. The Morgan fingerprint density at radius 3 is 2.12 bits per heavy atom. The molecule has 1 amide bonds. The SMILES string of the molecule is Cc1ccc(S(=O)(=O)N2CCN(C(=O)CN(c3cccc(Cl)c3C)S(C)(=O)=O)CC2)cc1. The molecule has 1 aliphatic heterocycles. The summed E-state index contributed by atoms with van der Waals surface area (Å²) in [4.78, 5) is 14.6. The van der Waals surface area contributed by atoms with Crippen LogP contribution in [0.5, 0.6) is 0 Å². The molecule has 0 atom stereocenters. The van der Waals surface area contributed by atoms with E-state index >= 15 is 0 Å². The molecule has 0 aliphatic carbocycles. The zero-order valence-electron chi connectivity index (χ0n) is 18.2. The predicted octanol–water partition coefficient (Wildman–Crippen LogP) is 2.26. The molecule has 0 bridgehead atoms. The van der Waals surface area contributed by atoms with Crippen molar-refractivity contribution in [1.82, 2.24) is 9.21 Å². The standard InChI is InChI=1S/C21H26ClN3O5S2/c1-16-7-9-18(10-8-16)32(29,30)24-13-11-23(12-14-24)21(26)15-25(31(3,27)28)20-6-4-5-19(22)17(20)2/h4-10H,11-15H2,1-3H3. The van der Waals surface area contributed by atoms with Crippen LogP contribution in [0.25, 0.3) is 0 Å². The highest BCUT2D eigenvalue weighted by molar-refractivity contribution is 7.92. The second-order valence-electron chi connectivity index (χ2n) is 7.75. The lowest BCUT2D eigenvalue weighted by molar-refractivity contribution is -0.130. The fraction of sp³-hybridized carbons (Fsp3) is 0.381. The molecule has 3 rings (SSSR count). The molecular formula is C21H26ClN3O5S2. The smallest absolute Gasteiger partial charge is 0.243 e. The van der Waals surface area contributed by atoms with Crippen molar-refractivity contribution < 1.29 is 21.6 Å². The van der Waals surface area contributed by atoms with Crippen LogP contribution < -0.4 is 4.31 Å². The van der Waals surface area contributed by atoms with Gasteiger partial charge in [-0.05, 0) is 43.7 Å². The number of amides is 1. The van der Waals surface area contributed by atoms with Gasteiger partial charge in [0.2, 0.25) is 26.0 Å².